The van der Waals surface area contributed by atoms with Crippen LogP contribution < -0.4 is 10.3 Å². The van der Waals surface area contributed by atoms with Crippen molar-refractivity contribution in [2.24, 2.45) is 0 Å². The number of nitrogens with one attached hydrogen (secondary N) is 1. The molecule has 0 fully saturated rings. The van der Waals surface area contributed by atoms with Gasteiger partial charge in [0.2, 0.25) is 10.0 Å². The van der Waals surface area contributed by atoms with E-state index in [2.05, 4.69) is 4.72 Å². The van der Waals surface area contributed by atoms with Crippen LogP contribution in [0.15, 0.2) is 44.4 Å². The quantitative estimate of drug-likeness (QED) is 0.868. The summed E-state index contributed by atoms with van der Waals surface area (Å²) in [6, 6.07) is 7.08. The summed E-state index contributed by atoms with van der Waals surface area (Å²) in [7, 11) is -3.54. The van der Waals surface area contributed by atoms with Crippen LogP contribution in [0.25, 0.3) is 11.0 Å². The summed E-state index contributed by atoms with van der Waals surface area (Å²) in [6.07, 6.45) is 0.710. The number of benzene rings is 1. The summed E-state index contributed by atoms with van der Waals surface area (Å²) in [5.41, 5.74) is -0.0872. The summed E-state index contributed by atoms with van der Waals surface area (Å²) in [6.45, 7) is 3.71. The zero-order valence-corrected chi connectivity index (χ0v) is 11.5. The Labute approximate surface area is 111 Å². The van der Waals surface area contributed by atoms with E-state index in [0.29, 0.717) is 17.4 Å². The van der Waals surface area contributed by atoms with Gasteiger partial charge >= 0.3 is 5.63 Å². The van der Waals surface area contributed by atoms with Gasteiger partial charge in [0.05, 0.1) is 4.90 Å². The van der Waals surface area contributed by atoms with E-state index in [4.69, 9.17) is 4.42 Å². The summed E-state index contributed by atoms with van der Waals surface area (Å²) >= 11 is 0. The van der Waals surface area contributed by atoms with Crippen molar-refractivity contribution in [1.29, 1.82) is 0 Å². The third-order valence-corrected chi connectivity index (χ3v) is 4.46. The minimum atomic E-state index is -3.54. The van der Waals surface area contributed by atoms with Gasteiger partial charge in [-0.15, -0.1) is 0 Å². The molecule has 1 aromatic carbocycles. The molecule has 0 bridgehead atoms. The fourth-order valence-electron chi connectivity index (χ4n) is 1.63. The van der Waals surface area contributed by atoms with Crippen LogP contribution in [0.1, 0.15) is 20.3 Å². The highest BCUT2D eigenvalue weighted by Gasteiger charge is 2.17. The Morgan fingerprint density at radius 3 is 2.68 bits per heavy atom. The molecule has 1 aromatic heterocycles. The van der Waals surface area contributed by atoms with Gasteiger partial charge in [0.1, 0.15) is 5.58 Å². The van der Waals surface area contributed by atoms with Crippen LogP contribution in [-0.4, -0.2) is 14.5 Å². The molecule has 5 nitrogen and oxygen atoms in total. The van der Waals surface area contributed by atoms with E-state index in [-0.39, 0.29) is 10.9 Å². The monoisotopic (exact) mass is 281 g/mol. The van der Waals surface area contributed by atoms with Gasteiger partial charge in [-0.3, -0.25) is 0 Å². The zero-order chi connectivity index (χ0) is 14.0. The minimum Gasteiger partial charge on any atom is -0.423 e. The highest BCUT2D eigenvalue weighted by molar-refractivity contribution is 7.89. The molecule has 1 heterocycles. The summed E-state index contributed by atoms with van der Waals surface area (Å²) in [4.78, 5) is 11.2. The van der Waals surface area contributed by atoms with E-state index < -0.39 is 15.6 Å². The van der Waals surface area contributed by atoms with Crippen molar-refractivity contribution >= 4 is 21.0 Å². The predicted octanol–water partition coefficient (Wildman–Crippen LogP) is 1.87. The molecule has 102 valence electrons. The third-order valence-electron chi connectivity index (χ3n) is 2.87. The molecule has 19 heavy (non-hydrogen) atoms. The van der Waals surface area contributed by atoms with E-state index in [1.54, 1.807) is 13.0 Å². The molecule has 0 radical (unpaired) electrons. The van der Waals surface area contributed by atoms with E-state index in [9.17, 15) is 13.2 Å². The van der Waals surface area contributed by atoms with Crippen LogP contribution in [0.5, 0.6) is 0 Å². The zero-order valence-electron chi connectivity index (χ0n) is 10.7. The fraction of sp³-hybridized carbons (Fsp3) is 0.308. The second-order valence-electron chi connectivity index (χ2n) is 4.38. The van der Waals surface area contributed by atoms with Gasteiger partial charge in [-0.1, -0.05) is 6.92 Å². The van der Waals surface area contributed by atoms with Crippen LogP contribution in [0.2, 0.25) is 0 Å². The Kier molecular flexibility index (Phi) is 3.73. The van der Waals surface area contributed by atoms with Gasteiger partial charge in [0.15, 0.2) is 0 Å². The molecule has 1 atom stereocenters. The lowest BCUT2D eigenvalue weighted by atomic mass is 10.2. The van der Waals surface area contributed by atoms with E-state index in [1.165, 1.54) is 24.3 Å². The highest BCUT2D eigenvalue weighted by atomic mass is 32.2. The molecule has 0 spiro atoms. The van der Waals surface area contributed by atoms with E-state index >= 15 is 0 Å². The second-order valence-corrected chi connectivity index (χ2v) is 6.10. The van der Waals surface area contributed by atoms with Gasteiger partial charge in [-0.25, -0.2) is 17.9 Å². The topological polar surface area (TPSA) is 76.4 Å². The number of hydrogen-bond acceptors (Lipinski definition) is 4. The van der Waals surface area contributed by atoms with Crippen molar-refractivity contribution in [3.8, 4) is 0 Å². The maximum atomic E-state index is 12.1. The first-order chi connectivity index (χ1) is 8.92. The molecule has 6 heteroatoms. The van der Waals surface area contributed by atoms with Crippen molar-refractivity contribution in [3.63, 3.8) is 0 Å². The van der Waals surface area contributed by atoms with Crippen LogP contribution in [-0.2, 0) is 10.0 Å². The van der Waals surface area contributed by atoms with Gasteiger partial charge in [-0.2, -0.15) is 0 Å². The third kappa shape index (κ3) is 3.02. The van der Waals surface area contributed by atoms with Gasteiger partial charge in [-0.05, 0) is 37.6 Å². The summed E-state index contributed by atoms with van der Waals surface area (Å²) in [5.74, 6) is 0. The first-order valence-corrected chi connectivity index (χ1v) is 7.47. The van der Waals surface area contributed by atoms with Crippen LogP contribution in [0, 0.1) is 0 Å². The van der Waals surface area contributed by atoms with Gasteiger partial charge in [0, 0.05) is 17.5 Å². The SMILES string of the molecule is CC[C@H](C)NS(=O)(=O)c1ccc2oc(=O)ccc2c1. The Morgan fingerprint density at radius 2 is 2.00 bits per heavy atom. The highest BCUT2D eigenvalue weighted by Crippen LogP contribution is 2.18. The molecule has 0 aliphatic heterocycles. The lowest BCUT2D eigenvalue weighted by Gasteiger charge is -2.12. The second kappa shape index (κ2) is 5.14. The van der Waals surface area contributed by atoms with Crippen LogP contribution in [0.4, 0.5) is 0 Å². The van der Waals surface area contributed by atoms with Crippen molar-refractivity contribution in [2.45, 2.75) is 31.2 Å². The standard InChI is InChI=1S/C13H15NO4S/c1-3-9(2)14-19(16,17)11-5-6-12-10(8-11)4-7-13(15)18-12/h4-9,14H,3H2,1-2H3/t9-/m0/s1. The first kappa shape index (κ1) is 13.8. The maximum absolute atomic E-state index is 12.1. The van der Waals surface area contributed by atoms with Crippen LogP contribution >= 0.6 is 0 Å². The van der Waals surface area contributed by atoms with Crippen molar-refractivity contribution < 1.29 is 12.8 Å². The Hall–Kier alpha value is -1.66. The molecule has 2 aromatic rings. The Morgan fingerprint density at radius 1 is 1.26 bits per heavy atom. The lowest BCUT2D eigenvalue weighted by molar-refractivity contribution is 0.554. The minimum absolute atomic E-state index is 0.130. The fourth-order valence-corrected chi connectivity index (χ4v) is 3.00. The Bertz CT molecular complexity index is 749. The summed E-state index contributed by atoms with van der Waals surface area (Å²) < 4.78 is 31.8. The molecule has 0 saturated carbocycles. The molecular formula is C13H15NO4S. The Balaban J connectivity index is 2.46. The largest absolute Gasteiger partial charge is 0.423 e. The van der Waals surface area contributed by atoms with E-state index in [0.717, 1.165) is 0 Å². The molecule has 1 N–H and O–H groups in total. The average molecular weight is 281 g/mol. The number of rotatable bonds is 4. The normalized spacial score (nSPS) is 13.6. The van der Waals surface area contributed by atoms with Crippen molar-refractivity contribution in [3.05, 3.63) is 40.8 Å². The molecule has 0 aliphatic carbocycles. The first-order valence-electron chi connectivity index (χ1n) is 5.98. The molecule has 0 unspecified atom stereocenters. The number of sulfonamides is 1. The van der Waals surface area contributed by atoms with Crippen molar-refractivity contribution in [1.82, 2.24) is 4.72 Å². The molecule has 2 rings (SSSR count). The van der Waals surface area contributed by atoms with Gasteiger partial charge < -0.3 is 4.42 Å². The van der Waals surface area contributed by atoms with Gasteiger partial charge in [0.25, 0.3) is 0 Å². The predicted molar refractivity (Wildman–Crippen MR) is 72.6 cm³/mol. The molecule has 0 amide bonds. The molecular weight excluding hydrogens is 266 g/mol. The maximum Gasteiger partial charge on any atom is 0.336 e. The number of fused-ring (bicyclic) bond motifs is 1. The average Bonchev–Trinajstić information content (AvgIpc) is 2.37. The van der Waals surface area contributed by atoms with Crippen molar-refractivity contribution in [2.75, 3.05) is 0 Å². The summed E-state index contributed by atoms with van der Waals surface area (Å²) in [5, 5.41) is 0.576. The lowest BCUT2D eigenvalue weighted by Crippen LogP contribution is -2.31. The van der Waals surface area contributed by atoms with E-state index in [1.807, 2.05) is 6.92 Å². The smallest absolute Gasteiger partial charge is 0.336 e. The number of hydrogen-bond donors (Lipinski definition) is 1. The molecule has 0 saturated heterocycles. The molecule has 0 aliphatic rings. The van der Waals surface area contributed by atoms with Crippen LogP contribution in [0.3, 0.4) is 0 Å².